The predicted molar refractivity (Wildman–Crippen MR) is 18.3 cm³/mol. The second-order valence-electron chi connectivity index (χ2n) is 0.466. The van der Waals surface area contributed by atoms with Gasteiger partial charge in [0, 0.05) is 0 Å². The molecule has 0 N–H and O–H groups in total. The Hall–Kier alpha value is -0.740. The fraction of sp³-hybridized carbons (Fsp3) is 0. The van der Waals surface area contributed by atoms with Crippen LogP contribution in [-0.4, -0.2) is 0 Å². The minimum absolute atomic E-state index is 1.08. The maximum atomic E-state index is 9.12. The Balaban J connectivity index is 3.46. The standard InChI is InChI=1S/C4H3O/c1-2-3-4-5/h3H,1H2/q+1. The van der Waals surface area contributed by atoms with Crippen molar-refractivity contribution in [2.75, 3.05) is 0 Å². The van der Waals surface area contributed by atoms with Gasteiger partial charge in [-0.05, 0) is 0 Å². The fourth-order valence-electron chi connectivity index (χ4n) is 0.0417. The van der Waals surface area contributed by atoms with Crippen LogP contribution in [0.2, 0.25) is 0 Å². The molecule has 0 aromatic carbocycles. The molecule has 0 aliphatic rings. The summed E-state index contributed by atoms with van der Waals surface area (Å²) in [7, 11) is 0. The van der Waals surface area contributed by atoms with Crippen molar-refractivity contribution in [3.05, 3.63) is 18.4 Å². The van der Waals surface area contributed by atoms with E-state index in [0.717, 1.165) is 6.08 Å². The molecule has 0 aromatic rings. The maximum absolute atomic E-state index is 9.12. The van der Waals surface area contributed by atoms with E-state index in [4.69, 9.17) is 4.65 Å². The Morgan fingerprint density at radius 2 is 2.40 bits per heavy atom. The second kappa shape index (κ2) is 3.26. The first-order valence-corrected chi connectivity index (χ1v) is 1.14. The van der Waals surface area contributed by atoms with E-state index < -0.39 is 0 Å². The molecule has 0 aliphatic carbocycles. The van der Waals surface area contributed by atoms with Gasteiger partial charge in [0.05, 0.1) is 0 Å². The number of allylic oxidation sites excluding steroid dienone is 1. The monoisotopic (exact) mass is 67.0 g/mol. The van der Waals surface area contributed by atoms with Crippen LogP contribution in [0.1, 0.15) is 0 Å². The van der Waals surface area contributed by atoms with Crippen LogP contribution in [0.5, 0.6) is 0 Å². The van der Waals surface area contributed by atoms with Gasteiger partial charge >= 0.3 is 29.2 Å². The average Bonchev–Trinajstić information content (AvgIpc) is 1.41. The zero-order chi connectivity index (χ0) is 4.12. The van der Waals surface area contributed by atoms with Crippen LogP contribution in [0.25, 0.3) is 0 Å². The molecule has 0 atom stereocenters. The topological polar surface area (TPSA) is 19.9 Å². The molecule has 0 saturated carbocycles. The quantitative estimate of drug-likeness (QED) is 0.294. The minimum atomic E-state index is 1.08. The summed E-state index contributed by atoms with van der Waals surface area (Å²) in [5.74, 6) is 0. The molecule has 0 radical (unpaired) electrons. The molecule has 0 aromatic heterocycles. The Bertz CT molecular complexity index is 90.7. The molecule has 0 bridgehead atoms. The molecule has 0 fully saturated rings. The first-order chi connectivity index (χ1) is 2.41. The fourth-order valence-corrected chi connectivity index (χ4v) is 0.0417. The molecule has 24 valence electrons. The Morgan fingerprint density at radius 3 is 2.40 bits per heavy atom. The van der Waals surface area contributed by atoms with Gasteiger partial charge in [-0.3, -0.25) is 0 Å². The molecular weight excluding hydrogens is 64.0 g/mol. The third-order valence-corrected chi connectivity index (χ3v) is 0.161. The van der Waals surface area contributed by atoms with E-state index in [1.807, 2.05) is 0 Å². The molecule has 0 amide bonds. The van der Waals surface area contributed by atoms with Crippen molar-refractivity contribution < 1.29 is 4.65 Å². The summed E-state index contributed by atoms with van der Waals surface area (Å²) in [4.78, 5) is 0. The van der Waals surface area contributed by atoms with E-state index in [1.165, 1.54) is 6.15 Å². The van der Waals surface area contributed by atoms with Crippen molar-refractivity contribution >= 4 is 0 Å². The van der Waals surface area contributed by atoms with E-state index in [2.05, 4.69) is 12.3 Å². The van der Waals surface area contributed by atoms with Crippen LogP contribution in [0, 0.1) is 6.15 Å². The van der Waals surface area contributed by atoms with E-state index in [-0.39, 0.29) is 0 Å². The second-order valence-corrected chi connectivity index (χ2v) is 0.466. The third-order valence-electron chi connectivity index (χ3n) is 0.161. The van der Waals surface area contributed by atoms with Gasteiger partial charge in [-0.1, -0.05) is 0 Å². The average molecular weight is 67.1 g/mol. The van der Waals surface area contributed by atoms with Crippen molar-refractivity contribution in [1.82, 2.24) is 0 Å². The molecule has 1 heteroatoms. The zero-order valence-corrected chi connectivity index (χ0v) is 2.69. The van der Waals surface area contributed by atoms with Gasteiger partial charge in [0.2, 0.25) is 0 Å². The van der Waals surface area contributed by atoms with Crippen LogP contribution in [0.4, 0.5) is 0 Å². The third kappa shape index (κ3) is 3.26. The summed E-state index contributed by atoms with van der Waals surface area (Å²) in [6.07, 6.45) is 2.55. The van der Waals surface area contributed by atoms with E-state index >= 15 is 0 Å². The van der Waals surface area contributed by atoms with Gasteiger partial charge in [-0.15, -0.1) is 0 Å². The summed E-state index contributed by atoms with van der Waals surface area (Å²) >= 11 is 0. The molecule has 0 spiro atoms. The van der Waals surface area contributed by atoms with Gasteiger partial charge in [0.25, 0.3) is 0 Å². The van der Waals surface area contributed by atoms with Crippen LogP contribution in [0.3, 0.4) is 0 Å². The Morgan fingerprint density at radius 1 is 1.80 bits per heavy atom. The summed E-state index contributed by atoms with van der Waals surface area (Å²) < 4.78 is 9.12. The zero-order valence-electron chi connectivity index (χ0n) is 2.69. The Kier molecular flexibility index (Phi) is 2.78. The molecule has 0 rings (SSSR count). The molecule has 0 unspecified atom stereocenters. The van der Waals surface area contributed by atoms with Crippen LogP contribution in [0.15, 0.2) is 18.4 Å². The van der Waals surface area contributed by atoms with Crippen LogP contribution < -0.4 is 0 Å². The molecule has 5 heavy (non-hydrogen) atoms. The molecule has 0 heterocycles. The van der Waals surface area contributed by atoms with E-state index in [0.29, 0.717) is 0 Å². The van der Waals surface area contributed by atoms with Gasteiger partial charge in [0.1, 0.15) is 0 Å². The van der Waals surface area contributed by atoms with Crippen molar-refractivity contribution in [3.8, 4) is 6.15 Å². The summed E-state index contributed by atoms with van der Waals surface area (Å²) in [5, 5.41) is 0. The van der Waals surface area contributed by atoms with Crippen molar-refractivity contribution in [2.45, 2.75) is 0 Å². The van der Waals surface area contributed by atoms with Gasteiger partial charge < -0.3 is 0 Å². The van der Waals surface area contributed by atoms with Crippen molar-refractivity contribution in [1.29, 1.82) is 0 Å². The molecule has 0 saturated heterocycles. The van der Waals surface area contributed by atoms with E-state index in [9.17, 15) is 0 Å². The van der Waals surface area contributed by atoms with Crippen LogP contribution in [-0.2, 0) is 4.65 Å². The number of hydrogen-bond donors (Lipinski definition) is 0. The first-order valence-electron chi connectivity index (χ1n) is 1.14. The van der Waals surface area contributed by atoms with Crippen molar-refractivity contribution in [2.24, 2.45) is 0 Å². The predicted octanol–water partition coefficient (Wildman–Crippen LogP) is 0.717. The first kappa shape index (κ1) is 4.26. The number of hydrogen-bond acceptors (Lipinski definition) is 0. The molecule has 1 nitrogen and oxygen atoms in total. The molecule has 0 aliphatic heterocycles. The van der Waals surface area contributed by atoms with E-state index in [1.54, 1.807) is 0 Å². The normalized spacial score (nSPS) is 3.80. The summed E-state index contributed by atoms with van der Waals surface area (Å²) in [6.45, 7) is 3.11. The van der Waals surface area contributed by atoms with Gasteiger partial charge in [-0.2, -0.15) is 0 Å². The van der Waals surface area contributed by atoms with Crippen molar-refractivity contribution in [3.63, 3.8) is 0 Å². The molecular formula is C4H3O+. The van der Waals surface area contributed by atoms with Gasteiger partial charge in [0.15, 0.2) is 0 Å². The van der Waals surface area contributed by atoms with Crippen LogP contribution >= 0.6 is 0 Å². The SMILES string of the molecule is C=C=CC#[O+]. The Labute approximate surface area is 30.3 Å². The van der Waals surface area contributed by atoms with Gasteiger partial charge in [-0.25, -0.2) is 0 Å². The summed E-state index contributed by atoms with van der Waals surface area (Å²) in [6, 6.07) is 0. The summed E-state index contributed by atoms with van der Waals surface area (Å²) in [5.41, 5.74) is 2.22. The number of rotatable bonds is 0.